The van der Waals surface area contributed by atoms with Gasteiger partial charge in [-0.2, -0.15) is 18.4 Å². The van der Waals surface area contributed by atoms with Gasteiger partial charge in [0.2, 0.25) is 5.96 Å². The summed E-state index contributed by atoms with van der Waals surface area (Å²) in [6, 6.07) is 18.7. The van der Waals surface area contributed by atoms with E-state index in [1.54, 1.807) is 12.1 Å². The van der Waals surface area contributed by atoms with Crippen LogP contribution in [0.25, 0.3) is 0 Å². The van der Waals surface area contributed by atoms with Crippen molar-refractivity contribution in [3.63, 3.8) is 0 Å². The first-order valence-corrected chi connectivity index (χ1v) is 14.0. The Morgan fingerprint density at radius 3 is 2.36 bits per heavy atom. The molecule has 0 saturated carbocycles. The molecule has 1 atom stereocenters. The molecule has 0 spiro atoms. The third-order valence-corrected chi connectivity index (χ3v) is 7.78. The lowest BCUT2D eigenvalue weighted by Gasteiger charge is -2.43. The van der Waals surface area contributed by atoms with E-state index < -0.39 is 35.7 Å². The Kier molecular flexibility index (Phi) is 9.34. The molecule has 234 valence electrons. The van der Waals surface area contributed by atoms with Gasteiger partial charge >= 0.3 is 18.2 Å². The molecule has 3 aromatic carbocycles. The summed E-state index contributed by atoms with van der Waals surface area (Å²) in [5, 5.41) is 18.7. The number of nitrogens with zero attached hydrogens (tertiary/aromatic N) is 4. The number of carbonyl (C=O) groups excluding carboxylic acids is 2. The molecule has 1 aliphatic rings. The Morgan fingerprint density at radius 2 is 1.76 bits per heavy atom. The highest BCUT2D eigenvalue weighted by molar-refractivity contribution is 6.10. The minimum atomic E-state index is -4.67. The molecule has 0 radical (unpaired) electrons. The number of allylic oxidation sites excluding steroid dienone is 1. The molecule has 2 amide bonds. The van der Waals surface area contributed by atoms with Crippen LogP contribution in [0.1, 0.15) is 40.8 Å². The SMILES string of the molecule is COC(=O)C1=C(C)N(c2cccc(C(F)(F)F)c2)C(=N)N(C(N)=O)[C@@H]1c1ccc(C#N)cc1CC[N+](C)(C)Cc1ccccc1. The second-order valence-electron chi connectivity index (χ2n) is 11.4. The number of amides is 2. The van der Waals surface area contributed by atoms with Gasteiger partial charge in [0.15, 0.2) is 0 Å². The molecule has 3 N–H and O–H groups in total. The fourth-order valence-corrected chi connectivity index (χ4v) is 5.61. The van der Waals surface area contributed by atoms with Crippen LogP contribution >= 0.6 is 0 Å². The maximum Gasteiger partial charge on any atom is 0.416 e. The van der Waals surface area contributed by atoms with Crippen molar-refractivity contribution in [3.05, 3.63) is 112 Å². The zero-order chi connectivity index (χ0) is 33.1. The Bertz CT molecular complexity index is 1700. The van der Waals surface area contributed by atoms with E-state index in [1.165, 1.54) is 25.1 Å². The molecule has 0 bridgehead atoms. The highest BCUT2D eigenvalue weighted by Gasteiger charge is 2.44. The molecule has 45 heavy (non-hydrogen) atoms. The second kappa shape index (κ2) is 12.8. The third kappa shape index (κ3) is 6.99. The van der Waals surface area contributed by atoms with Gasteiger partial charge in [-0.3, -0.25) is 15.2 Å². The number of likely N-dealkylation sites (N-methyl/N-ethyl adjacent to an activating group) is 1. The van der Waals surface area contributed by atoms with E-state index in [4.69, 9.17) is 15.9 Å². The quantitative estimate of drug-likeness (QED) is 0.247. The molecule has 0 saturated heterocycles. The topological polar surface area (TPSA) is 124 Å². The summed E-state index contributed by atoms with van der Waals surface area (Å²) < 4.78 is 46.5. The van der Waals surface area contributed by atoms with Gasteiger partial charge in [-0.15, -0.1) is 0 Å². The number of quaternary nitrogens is 1. The number of nitrogens with two attached hydrogens (primary N) is 1. The number of carbonyl (C=O) groups is 2. The lowest BCUT2D eigenvalue weighted by atomic mass is 9.87. The summed E-state index contributed by atoms with van der Waals surface area (Å²) in [5.41, 5.74) is 7.30. The molecule has 1 heterocycles. The van der Waals surface area contributed by atoms with E-state index >= 15 is 0 Å². The van der Waals surface area contributed by atoms with Crippen molar-refractivity contribution in [2.45, 2.75) is 32.1 Å². The second-order valence-corrected chi connectivity index (χ2v) is 11.4. The van der Waals surface area contributed by atoms with Crippen molar-refractivity contribution < 1.29 is 32.0 Å². The molecule has 0 unspecified atom stereocenters. The minimum absolute atomic E-state index is 0.0872. The molecular weight excluding hydrogens is 585 g/mol. The number of hydrogen-bond acceptors (Lipinski definition) is 5. The number of rotatable bonds is 8. The lowest BCUT2D eigenvalue weighted by Crippen LogP contribution is -2.55. The minimum Gasteiger partial charge on any atom is -0.466 e. The van der Waals surface area contributed by atoms with Gasteiger partial charge in [0, 0.05) is 23.4 Å². The molecule has 0 fully saturated rings. The van der Waals surface area contributed by atoms with Gasteiger partial charge in [0.1, 0.15) is 12.6 Å². The van der Waals surface area contributed by atoms with Crippen molar-refractivity contribution in [2.24, 2.45) is 5.73 Å². The van der Waals surface area contributed by atoms with Crippen LogP contribution in [0.5, 0.6) is 0 Å². The number of hydrogen-bond donors (Lipinski definition) is 2. The van der Waals surface area contributed by atoms with Gasteiger partial charge < -0.3 is 15.0 Å². The summed E-state index contributed by atoms with van der Waals surface area (Å²) >= 11 is 0. The van der Waals surface area contributed by atoms with Gasteiger partial charge in [0.25, 0.3) is 0 Å². The zero-order valence-electron chi connectivity index (χ0n) is 25.4. The van der Waals surface area contributed by atoms with Crippen LogP contribution < -0.4 is 10.6 Å². The molecule has 0 aliphatic carbocycles. The maximum absolute atomic E-state index is 13.6. The summed E-state index contributed by atoms with van der Waals surface area (Å²) in [5.74, 6) is -1.41. The summed E-state index contributed by atoms with van der Waals surface area (Å²) in [6.07, 6.45) is -4.25. The molecule has 1 aliphatic heterocycles. The Balaban J connectivity index is 1.86. The van der Waals surface area contributed by atoms with E-state index in [0.717, 1.165) is 34.6 Å². The van der Waals surface area contributed by atoms with E-state index in [-0.39, 0.29) is 17.0 Å². The molecule has 9 nitrogen and oxygen atoms in total. The summed E-state index contributed by atoms with van der Waals surface area (Å²) in [4.78, 5) is 28.4. The molecule has 4 rings (SSSR count). The number of urea groups is 1. The van der Waals surface area contributed by atoms with Crippen LogP contribution in [0.4, 0.5) is 23.7 Å². The highest BCUT2D eigenvalue weighted by atomic mass is 19.4. The van der Waals surface area contributed by atoms with Gasteiger partial charge in [-0.25, -0.2) is 9.59 Å². The highest BCUT2D eigenvalue weighted by Crippen LogP contribution is 2.42. The van der Waals surface area contributed by atoms with Crippen LogP contribution in [-0.2, 0) is 28.7 Å². The zero-order valence-corrected chi connectivity index (χ0v) is 25.4. The van der Waals surface area contributed by atoms with E-state index in [0.29, 0.717) is 40.7 Å². The number of halogens is 3. The van der Waals surface area contributed by atoms with Crippen LogP contribution in [0.15, 0.2) is 84.1 Å². The van der Waals surface area contributed by atoms with Crippen LogP contribution in [-0.4, -0.2) is 55.1 Å². The standard InChI is InChI=1S/C33H33F3N6O3/c1-21-28(30(43)45-4)29(41(32(39)44)31(38)40(21)26-12-8-11-25(18-26)33(34,35)36)27-14-13-23(19-37)17-24(27)15-16-42(2,3)20-22-9-6-5-7-10-22/h5-14,17-18,29,38H,15-16,20H2,1-4H3,(H-,39,44)/p+1/t29-/m1/s1. The number of nitriles is 1. The van der Waals surface area contributed by atoms with Gasteiger partial charge in [-0.05, 0) is 48.4 Å². The van der Waals surface area contributed by atoms with Crippen molar-refractivity contribution in [1.29, 1.82) is 10.7 Å². The van der Waals surface area contributed by atoms with Crippen molar-refractivity contribution in [2.75, 3.05) is 32.6 Å². The van der Waals surface area contributed by atoms with E-state index in [1.807, 2.05) is 30.3 Å². The smallest absolute Gasteiger partial charge is 0.416 e. The maximum atomic E-state index is 13.6. The summed E-state index contributed by atoms with van der Waals surface area (Å²) in [6.45, 7) is 2.79. The third-order valence-electron chi connectivity index (χ3n) is 7.78. The summed E-state index contributed by atoms with van der Waals surface area (Å²) in [7, 11) is 5.26. The molecular formula is C33H34F3N6O3+. The normalized spacial score (nSPS) is 15.6. The Morgan fingerprint density at radius 1 is 1.07 bits per heavy atom. The van der Waals surface area contributed by atoms with Crippen LogP contribution in [0, 0.1) is 16.7 Å². The molecule has 3 aromatic rings. The Labute approximate surface area is 259 Å². The number of primary amides is 1. The largest absolute Gasteiger partial charge is 0.466 e. The first-order valence-electron chi connectivity index (χ1n) is 14.0. The van der Waals surface area contributed by atoms with Gasteiger partial charge in [-0.1, -0.05) is 42.5 Å². The first-order chi connectivity index (χ1) is 21.2. The van der Waals surface area contributed by atoms with Gasteiger partial charge in [0.05, 0.1) is 50.5 Å². The first kappa shape index (κ1) is 32.8. The predicted octanol–water partition coefficient (Wildman–Crippen LogP) is 5.72. The van der Waals surface area contributed by atoms with Crippen LogP contribution in [0.2, 0.25) is 0 Å². The van der Waals surface area contributed by atoms with E-state index in [9.17, 15) is 28.0 Å². The van der Waals surface area contributed by atoms with Crippen molar-refractivity contribution in [3.8, 4) is 6.07 Å². The monoisotopic (exact) mass is 619 g/mol. The fourth-order valence-electron chi connectivity index (χ4n) is 5.61. The lowest BCUT2D eigenvalue weighted by molar-refractivity contribution is -0.903. The number of ether oxygens (including phenoxy) is 1. The number of methoxy groups -OCH3 is 1. The number of benzene rings is 3. The number of anilines is 1. The van der Waals surface area contributed by atoms with E-state index in [2.05, 4.69) is 20.2 Å². The number of guanidine groups is 1. The van der Waals surface area contributed by atoms with Crippen LogP contribution in [0.3, 0.4) is 0 Å². The Hall–Kier alpha value is -5.15. The predicted molar refractivity (Wildman–Crippen MR) is 163 cm³/mol. The molecule has 12 heteroatoms. The number of esters is 1. The average molecular weight is 620 g/mol. The number of alkyl halides is 3. The molecule has 0 aromatic heterocycles. The average Bonchev–Trinajstić information content (AvgIpc) is 2.99. The fraction of sp³-hybridized carbons (Fsp3) is 0.273. The van der Waals surface area contributed by atoms with Crippen molar-refractivity contribution in [1.82, 2.24) is 4.90 Å². The number of nitrogens with one attached hydrogen (secondary N) is 1. The van der Waals surface area contributed by atoms with Crippen molar-refractivity contribution >= 4 is 23.6 Å².